The summed E-state index contributed by atoms with van der Waals surface area (Å²) in [4.78, 5) is 23.0. The fourth-order valence-corrected chi connectivity index (χ4v) is 1.63. The van der Waals surface area contributed by atoms with Gasteiger partial charge in [-0.3, -0.25) is 14.5 Å². The molecule has 4 N–H and O–H groups in total. The van der Waals surface area contributed by atoms with Crippen molar-refractivity contribution in [3.63, 3.8) is 0 Å². The lowest BCUT2D eigenvalue weighted by Gasteiger charge is -2.48. The van der Waals surface area contributed by atoms with Gasteiger partial charge >= 0.3 is 5.97 Å². The van der Waals surface area contributed by atoms with Crippen LogP contribution >= 0.6 is 0 Å². The van der Waals surface area contributed by atoms with Crippen LogP contribution in [0.2, 0.25) is 0 Å². The topological polar surface area (TPSA) is 95.7 Å². The number of amides is 1. The number of rotatable bonds is 5. The molecule has 0 aliphatic carbocycles. The van der Waals surface area contributed by atoms with E-state index in [0.29, 0.717) is 13.1 Å². The Morgan fingerprint density at radius 2 is 2.14 bits per heavy atom. The number of carboxylic acid groups (broad SMARTS) is 1. The van der Waals surface area contributed by atoms with Crippen molar-refractivity contribution in [2.45, 2.75) is 12.0 Å². The van der Waals surface area contributed by atoms with E-state index in [1.165, 1.54) is 0 Å². The first-order valence-electron chi connectivity index (χ1n) is 4.38. The maximum atomic E-state index is 10.7. The zero-order chi connectivity index (χ0) is 10.8. The lowest BCUT2D eigenvalue weighted by atomic mass is 9.87. The van der Waals surface area contributed by atoms with E-state index in [-0.39, 0.29) is 13.0 Å². The van der Waals surface area contributed by atoms with Crippen LogP contribution in [0.3, 0.4) is 0 Å². The second kappa shape index (κ2) is 3.93. The van der Waals surface area contributed by atoms with Gasteiger partial charge in [0.2, 0.25) is 5.91 Å². The fourth-order valence-electron chi connectivity index (χ4n) is 1.63. The van der Waals surface area contributed by atoms with Gasteiger partial charge in [-0.15, -0.1) is 0 Å². The second-order valence-corrected chi connectivity index (χ2v) is 3.72. The molecule has 6 heteroatoms. The van der Waals surface area contributed by atoms with Crippen LogP contribution in [0, 0.1) is 0 Å². The summed E-state index contributed by atoms with van der Waals surface area (Å²) in [5.74, 6) is -1.30. The summed E-state index contributed by atoms with van der Waals surface area (Å²) in [5.41, 5.74) is 4.61. The van der Waals surface area contributed by atoms with Crippen LogP contribution in [0.25, 0.3) is 0 Å². The number of hydrogen-bond acceptors (Lipinski definition) is 4. The highest BCUT2D eigenvalue weighted by atomic mass is 16.4. The second-order valence-electron chi connectivity index (χ2n) is 3.72. The first-order valence-corrected chi connectivity index (χ1v) is 4.38. The molecule has 14 heavy (non-hydrogen) atoms. The number of carbonyl (C=O) groups is 2. The largest absolute Gasteiger partial charge is 0.481 e. The van der Waals surface area contributed by atoms with Crippen molar-refractivity contribution in [1.82, 2.24) is 10.2 Å². The molecule has 1 aliphatic heterocycles. The van der Waals surface area contributed by atoms with Gasteiger partial charge in [0.25, 0.3) is 0 Å². The van der Waals surface area contributed by atoms with Crippen molar-refractivity contribution in [1.29, 1.82) is 0 Å². The first kappa shape index (κ1) is 10.9. The van der Waals surface area contributed by atoms with E-state index in [1.807, 2.05) is 0 Å². The van der Waals surface area contributed by atoms with Crippen molar-refractivity contribution in [3.05, 3.63) is 0 Å². The average Bonchev–Trinajstić information content (AvgIpc) is 1.94. The lowest BCUT2D eigenvalue weighted by Crippen LogP contribution is -2.69. The van der Waals surface area contributed by atoms with E-state index in [4.69, 9.17) is 10.8 Å². The van der Waals surface area contributed by atoms with E-state index in [1.54, 1.807) is 11.9 Å². The predicted molar refractivity (Wildman–Crippen MR) is 49.7 cm³/mol. The maximum absolute atomic E-state index is 10.7. The molecule has 0 bridgehead atoms. The number of nitrogens with zero attached hydrogens (tertiary/aromatic N) is 1. The van der Waals surface area contributed by atoms with E-state index >= 15 is 0 Å². The summed E-state index contributed by atoms with van der Waals surface area (Å²) in [6.45, 7) is 1.26. The van der Waals surface area contributed by atoms with Gasteiger partial charge in [0.15, 0.2) is 0 Å². The predicted octanol–water partition coefficient (Wildman–Crippen LogP) is -1.78. The van der Waals surface area contributed by atoms with Crippen LogP contribution in [0.1, 0.15) is 6.42 Å². The van der Waals surface area contributed by atoms with Crippen molar-refractivity contribution < 1.29 is 14.7 Å². The van der Waals surface area contributed by atoms with Crippen molar-refractivity contribution in [2.24, 2.45) is 5.73 Å². The third-order valence-corrected chi connectivity index (χ3v) is 2.59. The zero-order valence-electron chi connectivity index (χ0n) is 8.12. The molecule has 1 rings (SSSR count). The smallest absolute Gasteiger partial charge is 0.305 e. The van der Waals surface area contributed by atoms with Crippen molar-refractivity contribution >= 4 is 11.9 Å². The Hall–Kier alpha value is -1.14. The number of likely N-dealkylation sites (N-methyl/N-ethyl adjacent to an activating group) is 1. The summed E-state index contributed by atoms with van der Waals surface area (Å²) < 4.78 is 0. The quantitative estimate of drug-likeness (QED) is 0.489. The van der Waals surface area contributed by atoms with E-state index in [0.717, 1.165) is 0 Å². The number of hydrogen-bond donors (Lipinski definition) is 3. The van der Waals surface area contributed by atoms with Crippen LogP contribution in [-0.4, -0.2) is 54.1 Å². The molecule has 1 fully saturated rings. The molecule has 0 saturated carbocycles. The zero-order valence-corrected chi connectivity index (χ0v) is 8.12. The van der Waals surface area contributed by atoms with Gasteiger partial charge in [-0.25, -0.2) is 0 Å². The van der Waals surface area contributed by atoms with Gasteiger partial charge in [0.1, 0.15) is 0 Å². The van der Waals surface area contributed by atoms with Crippen LogP contribution in [0.4, 0.5) is 0 Å². The Labute approximate surface area is 82.1 Å². The van der Waals surface area contributed by atoms with Gasteiger partial charge in [-0.1, -0.05) is 0 Å². The van der Waals surface area contributed by atoms with Gasteiger partial charge in [-0.05, 0) is 7.05 Å². The summed E-state index contributed by atoms with van der Waals surface area (Å²) in [6.07, 6.45) is 0.0315. The molecule has 1 aliphatic rings. The third kappa shape index (κ3) is 2.21. The Kier molecular flexibility index (Phi) is 3.07. The van der Waals surface area contributed by atoms with Crippen LogP contribution in [-0.2, 0) is 9.59 Å². The summed E-state index contributed by atoms with van der Waals surface area (Å²) >= 11 is 0. The Balaban J connectivity index is 2.59. The third-order valence-electron chi connectivity index (χ3n) is 2.59. The highest BCUT2D eigenvalue weighted by Crippen LogP contribution is 2.22. The van der Waals surface area contributed by atoms with Crippen LogP contribution in [0.5, 0.6) is 0 Å². The van der Waals surface area contributed by atoms with Gasteiger partial charge in [0.05, 0.1) is 18.5 Å². The van der Waals surface area contributed by atoms with Crippen molar-refractivity contribution in [3.8, 4) is 0 Å². The highest BCUT2D eigenvalue weighted by Gasteiger charge is 2.42. The molecular formula is C8H15N3O3. The number of carbonyl (C=O) groups excluding carboxylic acids is 1. The molecule has 0 aromatic rings. The molecule has 0 radical (unpaired) electrons. The summed E-state index contributed by atoms with van der Waals surface area (Å²) in [6, 6.07) is 0. The van der Waals surface area contributed by atoms with E-state index < -0.39 is 17.4 Å². The summed E-state index contributed by atoms with van der Waals surface area (Å²) in [7, 11) is 1.72. The number of carboxylic acids is 1. The molecule has 0 aromatic heterocycles. The minimum absolute atomic E-state index is 0.0315. The molecule has 0 spiro atoms. The highest BCUT2D eigenvalue weighted by molar-refractivity contribution is 5.76. The Bertz CT molecular complexity index is 250. The first-order chi connectivity index (χ1) is 6.46. The molecule has 1 saturated heterocycles. The molecule has 1 heterocycles. The van der Waals surface area contributed by atoms with Gasteiger partial charge in [0, 0.05) is 13.1 Å². The average molecular weight is 201 g/mol. The molecule has 0 atom stereocenters. The Morgan fingerprint density at radius 1 is 1.57 bits per heavy atom. The maximum Gasteiger partial charge on any atom is 0.305 e. The standard InChI is InChI=1S/C8H15N3O3/c1-11(3-6(9)12)8(2-7(13)14)4-10-5-8/h10H,2-5H2,1H3,(H2,9,12)(H,13,14). The lowest BCUT2D eigenvalue weighted by molar-refractivity contribution is -0.142. The molecular weight excluding hydrogens is 186 g/mol. The molecule has 1 amide bonds. The SMILES string of the molecule is CN(CC(N)=O)C1(CC(=O)O)CNC1. The minimum atomic E-state index is -0.858. The van der Waals surface area contributed by atoms with Gasteiger partial charge in [-0.2, -0.15) is 0 Å². The number of aliphatic carboxylic acids is 1. The van der Waals surface area contributed by atoms with Crippen molar-refractivity contribution in [2.75, 3.05) is 26.7 Å². The summed E-state index contributed by atoms with van der Waals surface area (Å²) in [5, 5.41) is 11.7. The number of nitrogens with two attached hydrogens (primary N) is 1. The number of nitrogens with one attached hydrogen (secondary N) is 1. The molecule has 6 nitrogen and oxygen atoms in total. The monoisotopic (exact) mass is 201 g/mol. The Morgan fingerprint density at radius 3 is 2.43 bits per heavy atom. The fraction of sp³-hybridized carbons (Fsp3) is 0.750. The molecule has 80 valence electrons. The molecule has 0 unspecified atom stereocenters. The normalized spacial score (nSPS) is 19.0. The van der Waals surface area contributed by atoms with Crippen LogP contribution in [0.15, 0.2) is 0 Å². The number of primary amides is 1. The minimum Gasteiger partial charge on any atom is -0.481 e. The van der Waals surface area contributed by atoms with Gasteiger partial charge < -0.3 is 16.2 Å². The molecule has 0 aromatic carbocycles. The van der Waals surface area contributed by atoms with E-state index in [2.05, 4.69) is 5.32 Å². The van der Waals surface area contributed by atoms with E-state index in [9.17, 15) is 9.59 Å². The van der Waals surface area contributed by atoms with Crippen LogP contribution < -0.4 is 11.1 Å².